The highest BCUT2D eigenvalue weighted by molar-refractivity contribution is 5.10. The zero-order valence-corrected chi connectivity index (χ0v) is 11.2. The second-order valence-electron chi connectivity index (χ2n) is 4.75. The highest BCUT2D eigenvalue weighted by atomic mass is 16.5. The molecule has 0 radical (unpaired) electrons. The fraction of sp³-hybridized carbons (Fsp3) is 0.636. The van der Waals surface area contributed by atoms with Gasteiger partial charge in [-0.3, -0.25) is 14.3 Å². The minimum atomic E-state index is -0.906. The summed E-state index contributed by atoms with van der Waals surface area (Å²) in [4.78, 5) is 28.3. The van der Waals surface area contributed by atoms with Crippen molar-refractivity contribution in [2.24, 2.45) is 5.11 Å². The summed E-state index contributed by atoms with van der Waals surface area (Å²) in [5.74, 6) is 0. The van der Waals surface area contributed by atoms with E-state index >= 15 is 0 Å². The summed E-state index contributed by atoms with van der Waals surface area (Å²) in [5, 5.41) is 22.1. The molecule has 1 aliphatic rings. The van der Waals surface area contributed by atoms with Gasteiger partial charge >= 0.3 is 5.69 Å². The van der Waals surface area contributed by atoms with Crippen LogP contribution < -0.4 is 11.2 Å². The van der Waals surface area contributed by atoms with Gasteiger partial charge in [0.1, 0.15) is 12.3 Å². The molecule has 0 bridgehead atoms. The Bertz CT molecular complexity index is 676. The number of aliphatic hydroxyl groups is 2. The minimum Gasteiger partial charge on any atom is -0.394 e. The lowest BCUT2D eigenvalue weighted by atomic mass is 10.2. The number of ether oxygens (including phenoxy) is 1. The number of nitrogens with zero attached hydrogens (tertiary/aromatic N) is 4. The number of aromatic nitrogens is 2. The molecule has 1 aliphatic heterocycles. The highest BCUT2D eigenvalue weighted by Gasteiger charge is 2.35. The van der Waals surface area contributed by atoms with E-state index < -0.39 is 35.7 Å². The second-order valence-corrected chi connectivity index (χ2v) is 4.75. The molecule has 0 aromatic carbocycles. The summed E-state index contributed by atoms with van der Waals surface area (Å²) < 4.78 is 6.47. The zero-order valence-electron chi connectivity index (χ0n) is 11.2. The molecule has 1 unspecified atom stereocenters. The van der Waals surface area contributed by atoms with E-state index in [4.69, 9.17) is 15.4 Å². The van der Waals surface area contributed by atoms with Gasteiger partial charge in [-0.05, 0) is 5.53 Å². The van der Waals surface area contributed by atoms with Crippen LogP contribution in [0.1, 0.15) is 31.2 Å². The first-order valence-electron chi connectivity index (χ1n) is 6.32. The Labute approximate surface area is 118 Å². The first-order chi connectivity index (χ1) is 9.97. The average Bonchev–Trinajstić information content (AvgIpc) is 2.80. The lowest BCUT2D eigenvalue weighted by Gasteiger charge is -2.16. The summed E-state index contributed by atoms with van der Waals surface area (Å²) in [7, 11) is 0. The summed E-state index contributed by atoms with van der Waals surface area (Å²) in [6, 6.07) is -0.759. The Hall–Kier alpha value is -2.13. The van der Waals surface area contributed by atoms with Gasteiger partial charge in [0.05, 0.1) is 18.8 Å². The maximum absolute atomic E-state index is 11.8. The van der Waals surface area contributed by atoms with E-state index in [1.807, 2.05) is 0 Å². The molecule has 10 heteroatoms. The van der Waals surface area contributed by atoms with Crippen molar-refractivity contribution in [2.75, 3.05) is 6.61 Å². The van der Waals surface area contributed by atoms with E-state index in [0.29, 0.717) is 0 Å². The van der Waals surface area contributed by atoms with E-state index in [0.717, 1.165) is 4.57 Å². The molecule has 0 saturated carbocycles. The Kier molecular flexibility index (Phi) is 4.43. The lowest BCUT2D eigenvalue weighted by Crippen LogP contribution is -2.34. The maximum atomic E-state index is 11.8. The van der Waals surface area contributed by atoms with Crippen molar-refractivity contribution in [1.82, 2.24) is 9.55 Å². The zero-order chi connectivity index (χ0) is 15.6. The molecule has 0 aliphatic carbocycles. The van der Waals surface area contributed by atoms with E-state index in [-0.39, 0.29) is 18.6 Å². The molecule has 0 spiro atoms. The Morgan fingerprint density at radius 3 is 2.95 bits per heavy atom. The molecule has 114 valence electrons. The second kappa shape index (κ2) is 6.10. The van der Waals surface area contributed by atoms with Gasteiger partial charge in [0.15, 0.2) is 0 Å². The number of hydrogen-bond donors (Lipinski definition) is 3. The molecule has 0 amide bonds. The maximum Gasteiger partial charge on any atom is 0.330 e. The summed E-state index contributed by atoms with van der Waals surface area (Å²) in [6.07, 6.45) is -1.15. The van der Waals surface area contributed by atoms with Crippen LogP contribution in [0.2, 0.25) is 0 Å². The molecule has 21 heavy (non-hydrogen) atoms. The third-order valence-electron chi connectivity index (χ3n) is 3.36. The fourth-order valence-corrected chi connectivity index (χ4v) is 2.20. The van der Waals surface area contributed by atoms with Crippen LogP contribution in [0.3, 0.4) is 0 Å². The van der Waals surface area contributed by atoms with Crippen molar-refractivity contribution in [1.29, 1.82) is 0 Å². The highest BCUT2D eigenvalue weighted by Crippen LogP contribution is 2.27. The number of hydrogen-bond acceptors (Lipinski definition) is 6. The number of rotatable bonds is 4. The first-order valence-corrected chi connectivity index (χ1v) is 6.32. The number of aliphatic hydroxyl groups excluding tert-OH is 2. The molecular formula is C11H15N5O5. The molecule has 1 saturated heterocycles. The van der Waals surface area contributed by atoms with Crippen molar-refractivity contribution in [3.05, 3.63) is 43.0 Å². The van der Waals surface area contributed by atoms with Crippen LogP contribution in [0.4, 0.5) is 0 Å². The van der Waals surface area contributed by atoms with E-state index in [9.17, 15) is 14.7 Å². The van der Waals surface area contributed by atoms with Crippen molar-refractivity contribution in [2.45, 2.75) is 37.8 Å². The summed E-state index contributed by atoms with van der Waals surface area (Å²) in [6.45, 7) is 1.14. The van der Waals surface area contributed by atoms with Gasteiger partial charge in [-0.15, -0.1) is 0 Å². The van der Waals surface area contributed by atoms with Crippen LogP contribution in [-0.4, -0.2) is 38.6 Å². The number of azide groups is 1. The van der Waals surface area contributed by atoms with Crippen molar-refractivity contribution in [3.63, 3.8) is 0 Å². The van der Waals surface area contributed by atoms with Gasteiger partial charge in [0, 0.05) is 23.1 Å². The molecule has 1 fully saturated rings. The topological polar surface area (TPSA) is 153 Å². The van der Waals surface area contributed by atoms with Gasteiger partial charge in [-0.25, -0.2) is 4.79 Å². The predicted molar refractivity (Wildman–Crippen MR) is 70.5 cm³/mol. The Morgan fingerprint density at radius 2 is 2.38 bits per heavy atom. The quantitative estimate of drug-likeness (QED) is 0.390. The molecular weight excluding hydrogens is 282 g/mol. The van der Waals surface area contributed by atoms with Crippen molar-refractivity contribution >= 4 is 0 Å². The standard InChI is InChI=1S/C11H15N5O5/c1-5(14-15-12)6-3-16(11(20)13-10(6)19)9-2-7(18)8(4-17)21-9/h3,5,7-9,17-18H,2,4H2,1H3,(H,13,19,20)/t5?,7-,8+,9+/m0/s1. The first kappa shape index (κ1) is 15.3. The number of nitrogens with one attached hydrogen (secondary N) is 1. The number of H-pyrrole nitrogens is 1. The minimum absolute atomic E-state index is 0.104. The van der Waals surface area contributed by atoms with Gasteiger partial charge in [0.25, 0.3) is 5.56 Å². The smallest absolute Gasteiger partial charge is 0.330 e. The lowest BCUT2D eigenvalue weighted by molar-refractivity contribution is -0.0460. The van der Waals surface area contributed by atoms with Gasteiger partial charge < -0.3 is 14.9 Å². The van der Waals surface area contributed by atoms with Crippen LogP contribution in [-0.2, 0) is 4.74 Å². The summed E-state index contributed by atoms with van der Waals surface area (Å²) in [5.41, 5.74) is 7.18. The summed E-state index contributed by atoms with van der Waals surface area (Å²) >= 11 is 0. The third kappa shape index (κ3) is 2.98. The molecule has 2 heterocycles. The van der Waals surface area contributed by atoms with E-state index in [2.05, 4.69) is 15.0 Å². The SMILES string of the molecule is CC(N=[N+]=[N-])c1cn([C@H]2C[C@H](O)[C@@H](CO)O2)c(=O)[nH]c1=O. The monoisotopic (exact) mass is 297 g/mol. The molecule has 10 nitrogen and oxygen atoms in total. The van der Waals surface area contributed by atoms with Gasteiger partial charge in [0.2, 0.25) is 0 Å². The molecule has 1 aromatic heterocycles. The Balaban J connectivity index is 2.41. The van der Waals surface area contributed by atoms with Gasteiger partial charge in [-0.1, -0.05) is 12.0 Å². The van der Waals surface area contributed by atoms with Crippen LogP contribution in [0.15, 0.2) is 20.9 Å². The average molecular weight is 297 g/mol. The largest absolute Gasteiger partial charge is 0.394 e. The van der Waals surface area contributed by atoms with Gasteiger partial charge in [-0.2, -0.15) is 0 Å². The van der Waals surface area contributed by atoms with Crippen LogP contribution in [0, 0.1) is 0 Å². The molecule has 1 aromatic rings. The normalized spacial score (nSPS) is 26.3. The van der Waals surface area contributed by atoms with Crippen LogP contribution >= 0.6 is 0 Å². The molecule has 2 rings (SSSR count). The molecule has 3 N–H and O–H groups in total. The number of aromatic amines is 1. The van der Waals surface area contributed by atoms with E-state index in [1.54, 1.807) is 0 Å². The van der Waals surface area contributed by atoms with Crippen molar-refractivity contribution < 1.29 is 14.9 Å². The predicted octanol–water partition coefficient (Wildman–Crippen LogP) is -0.451. The van der Waals surface area contributed by atoms with Crippen molar-refractivity contribution in [3.8, 4) is 0 Å². The van der Waals surface area contributed by atoms with Crippen LogP contribution in [0.25, 0.3) is 10.4 Å². The van der Waals surface area contributed by atoms with Crippen LogP contribution in [0.5, 0.6) is 0 Å². The van der Waals surface area contributed by atoms with E-state index in [1.165, 1.54) is 13.1 Å². The molecule has 4 atom stereocenters. The Morgan fingerprint density at radius 1 is 1.67 bits per heavy atom. The third-order valence-corrected chi connectivity index (χ3v) is 3.36. The fourth-order valence-electron chi connectivity index (χ4n) is 2.20.